The number of rotatable bonds is 7. The molecular formula is C22H12F15N5O3. The van der Waals surface area contributed by atoms with E-state index in [0.29, 0.717) is 9.80 Å². The number of aryl methyl sites for hydroxylation is 1. The molecule has 248 valence electrons. The Morgan fingerprint density at radius 2 is 1.38 bits per heavy atom. The second-order valence-corrected chi connectivity index (χ2v) is 10.1. The van der Waals surface area contributed by atoms with Crippen LogP contribution in [0, 0.1) is 18.3 Å². The van der Waals surface area contributed by atoms with Crippen molar-refractivity contribution in [2.24, 2.45) is 0 Å². The Kier molecular flexibility index (Phi) is 7.16. The summed E-state index contributed by atoms with van der Waals surface area (Å²) >= 11 is 0. The molecule has 0 radical (unpaired) electrons. The van der Waals surface area contributed by atoms with Crippen LogP contribution in [0.3, 0.4) is 0 Å². The Morgan fingerprint density at radius 3 is 1.87 bits per heavy atom. The molecule has 3 atom stereocenters. The summed E-state index contributed by atoms with van der Waals surface area (Å²) in [4.78, 5) is 42.8. The van der Waals surface area contributed by atoms with Gasteiger partial charge in [-0.15, -0.1) is 0 Å². The Morgan fingerprint density at radius 1 is 0.867 bits per heavy atom. The maximum Gasteiger partial charge on any atom is 0.460 e. The number of aromatic nitrogens is 1. The number of carbonyl (C=O) groups excluding carboxylic acids is 3. The normalized spacial score (nSPS) is 23.2. The number of hydrogen-bond donors (Lipinski definition) is 0. The second-order valence-electron chi connectivity index (χ2n) is 10.1. The lowest BCUT2D eigenvalue weighted by Gasteiger charge is -2.42. The summed E-state index contributed by atoms with van der Waals surface area (Å²) < 4.78 is 204. The zero-order chi connectivity index (χ0) is 34.7. The van der Waals surface area contributed by atoms with Gasteiger partial charge in [-0.05, 0) is 25.0 Å². The van der Waals surface area contributed by atoms with Crippen LogP contribution >= 0.6 is 0 Å². The lowest BCUT2D eigenvalue weighted by atomic mass is 9.90. The van der Waals surface area contributed by atoms with Gasteiger partial charge in [0.2, 0.25) is 0 Å². The third kappa shape index (κ3) is 4.08. The average Bonchev–Trinajstić information content (AvgIpc) is 3.57. The van der Waals surface area contributed by atoms with E-state index >= 15 is 0 Å². The van der Waals surface area contributed by atoms with Crippen LogP contribution in [0.1, 0.15) is 17.7 Å². The van der Waals surface area contributed by atoms with Crippen LogP contribution in [0.25, 0.3) is 0 Å². The van der Waals surface area contributed by atoms with E-state index in [0.717, 1.165) is 12.3 Å². The lowest BCUT2D eigenvalue weighted by molar-refractivity contribution is -0.450. The number of halogens is 15. The Hall–Kier alpha value is -4.00. The molecule has 4 rings (SSSR count). The van der Waals surface area contributed by atoms with Crippen molar-refractivity contribution in [3.8, 4) is 6.07 Å². The minimum absolute atomic E-state index is 0.126. The number of piperazine rings is 1. The molecular weight excluding hydrogens is 667 g/mol. The number of pyridine rings is 1. The van der Waals surface area contributed by atoms with Crippen molar-refractivity contribution in [3.05, 3.63) is 23.5 Å². The van der Waals surface area contributed by atoms with Crippen LogP contribution in [0.15, 0.2) is 12.3 Å². The standard InChI is InChI=1S/C22H12F15N5O3/c1-7-2-8(5-39-10(7)4-38)42-13(43)12-11-3-9(41(12)15(42)45)6-40(11)14(44)16(23,24)17(25,26)18(27,28)19(29,30)20(31,32)21(33,34)22(35,36)37/h2,5,9,11-12H,3,6H2,1H3. The predicted octanol–water partition coefficient (Wildman–Crippen LogP) is 4.76. The van der Waals surface area contributed by atoms with E-state index < -0.39 is 95.5 Å². The minimum atomic E-state index is -8.56. The number of nitrogens with zero attached hydrogens (tertiary/aromatic N) is 5. The summed E-state index contributed by atoms with van der Waals surface area (Å²) in [6, 6.07) is -3.89. The van der Waals surface area contributed by atoms with Gasteiger partial charge in [0.05, 0.1) is 24.0 Å². The Labute approximate surface area is 238 Å². The average molecular weight is 679 g/mol. The fourth-order valence-electron chi connectivity index (χ4n) is 5.21. The molecule has 1 aromatic heterocycles. The fourth-order valence-corrected chi connectivity index (χ4v) is 5.21. The van der Waals surface area contributed by atoms with Gasteiger partial charge in [-0.3, -0.25) is 9.59 Å². The maximum absolute atomic E-state index is 14.7. The van der Waals surface area contributed by atoms with Crippen LogP contribution in [0.5, 0.6) is 0 Å². The van der Waals surface area contributed by atoms with E-state index in [1.807, 2.05) is 0 Å². The summed E-state index contributed by atoms with van der Waals surface area (Å²) in [6.45, 7) is 0.0838. The molecule has 0 aromatic carbocycles. The van der Waals surface area contributed by atoms with Gasteiger partial charge in [0.1, 0.15) is 17.8 Å². The number of fused-ring (bicyclic) bond motifs is 5. The predicted molar refractivity (Wildman–Crippen MR) is 112 cm³/mol. The van der Waals surface area contributed by atoms with Crippen LogP contribution in [0.2, 0.25) is 0 Å². The molecule has 0 aliphatic carbocycles. The van der Waals surface area contributed by atoms with Crippen LogP contribution in [0.4, 0.5) is 76.3 Å². The molecule has 3 saturated heterocycles. The smallest absolute Gasteiger partial charge is 0.330 e. The first-order valence-corrected chi connectivity index (χ1v) is 11.8. The molecule has 1 aromatic rings. The van der Waals surface area contributed by atoms with Gasteiger partial charge >= 0.3 is 47.7 Å². The quantitative estimate of drug-likeness (QED) is 0.306. The van der Waals surface area contributed by atoms with E-state index in [4.69, 9.17) is 5.26 Å². The highest BCUT2D eigenvalue weighted by molar-refractivity contribution is 6.22. The minimum Gasteiger partial charge on any atom is -0.330 e. The zero-order valence-electron chi connectivity index (χ0n) is 21.4. The van der Waals surface area contributed by atoms with Crippen molar-refractivity contribution in [2.75, 3.05) is 11.4 Å². The molecule has 0 N–H and O–H groups in total. The number of carbonyl (C=O) groups is 3. The molecule has 0 spiro atoms. The largest absolute Gasteiger partial charge is 0.460 e. The van der Waals surface area contributed by atoms with Gasteiger partial charge in [0.25, 0.3) is 11.8 Å². The SMILES string of the molecule is Cc1cc(N2C(=O)C3C4CC(CN4C(=O)C(F)(F)C(F)(F)C(F)(F)C(F)(F)C(F)(F)C(F)(F)C(F)(F)F)N3C2=O)cnc1C#N. The van der Waals surface area contributed by atoms with Gasteiger partial charge in [-0.25, -0.2) is 14.7 Å². The van der Waals surface area contributed by atoms with Gasteiger partial charge < -0.3 is 9.80 Å². The number of amides is 4. The van der Waals surface area contributed by atoms with Gasteiger partial charge in [-0.2, -0.15) is 71.1 Å². The maximum atomic E-state index is 14.7. The summed E-state index contributed by atoms with van der Waals surface area (Å²) in [5, 5.41) is 8.97. The first-order chi connectivity index (χ1) is 20.1. The van der Waals surface area contributed by atoms with Gasteiger partial charge in [-0.1, -0.05) is 0 Å². The number of nitriles is 1. The lowest BCUT2D eigenvalue weighted by Crippen LogP contribution is -2.74. The second kappa shape index (κ2) is 9.51. The molecule has 45 heavy (non-hydrogen) atoms. The van der Waals surface area contributed by atoms with Gasteiger partial charge in [0, 0.05) is 6.54 Å². The number of likely N-dealkylation sites (tertiary alicyclic amines) is 1. The van der Waals surface area contributed by atoms with Crippen molar-refractivity contribution in [2.45, 2.75) is 73.2 Å². The monoisotopic (exact) mass is 679 g/mol. The topological polar surface area (TPSA) is 97.6 Å². The third-order valence-electron chi connectivity index (χ3n) is 7.55. The van der Waals surface area contributed by atoms with Crippen molar-refractivity contribution in [1.82, 2.24) is 14.8 Å². The molecule has 3 aliphatic heterocycles. The number of anilines is 1. The first kappa shape index (κ1) is 33.9. The molecule has 3 aliphatic rings. The summed E-state index contributed by atoms with van der Waals surface area (Å²) in [7, 11) is 0. The van der Waals surface area contributed by atoms with E-state index in [1.54, 1.807) is 6.07 Å². The molecule has 3 fully saturated rings. The van der Waals surface area contributed by atoms with E-state index in [9.17, 15) is 80.2 Å². The zero-order valence-corrected chi connectivity index (χ0v) is 21.4. The highest BCUT2D eigenvalue weighted by atomic mass is 19.4. The third-order valence-corrected chi connectivity index (χ3v) is 7.55. The van der Waals surface area contributed by atoms with Crippen molar-refractivity contribution < 1.29 is 80.2 Å². The van der Waals surface area contributed by atoms with Crippen molar-refractivity contribution in [1.29, 1.82) is 5.26 Å². The first-order valence-electron chi connectivity index (χ1n) is 11.8. The number of hydrogen-bond acceptors (Lipinski definition) is 5. The van der Waals surface area contributed by atoms with Crippen molar-refractivity contribution in [3.63, 3.8) is 0 Å². The van der Waals surface area contributed by atoms with Crippen LogP contribution < -0.4 is 4.90 Å². The summed E-state index contributed by atoms with van der Waals surface area (Å²) in [6.07, 6.45) is -7.57. The molecule has 8 nitrogen and oxygen atoms in total. The molecule has 0 saturated carbocycles. The summed E-state index contributed by atoms with van der Waals surface area (Å²) in [5.41, 5.74) is -0.329. The van der Waals surface area contributed by atoms with Crippen molar-refractivity contribution >= 4 is 23.5 Å². The van der Waals surface area contributed by atoms with E-state index in [2.05, 4.69) is 4.98 Å². The molecule has 4 heterocycles. The molecule has 2 bridgehead atoms. The number of imide groups is 1. The molecule has 4 amide bonds. The highest BCUT2D eigenvalue weighted by Crippen LogP contribution is 2.62. The number of alkyl halides is 15. The fraction of sp³-hybridized carbons (Fsp3) is 0.591. The highest BCUT2D eigenvalue weighted by Gasteiger charge is 2.94. The van der Waals surface area contributed by atoms with Crippen LogP contribution in [-0.4, -0.2) is 99.0 Å². The number of urea groups is 1. The van der Waals surface area contributed by atoms with E-state index in [-0.39, 0.29) is 16.9 Å². The van der Waals surface area contributed by atoms with Crippen LogP contribution in [-0.2, 0) is 9.59 Å². The molecule has 3 unspecified atom stereocenters. The Bertz CT molecular complexity index is 1510. The van der Waals surface area contributed by atoms with E-state index in [1.165, 1.54) is 6.92 Å². The molecule has 23 heteroatoms. The summed E-state index contributed by atoms with van der Waals surface area (Å²) in [5.74, 6) is -53.7. The van der Waals surface area contributed by atoms with Gasteiger partial charge in [0.15, 0.2) is 0 Å². The Balaban J connectivity index is 1.66.